The molecule has 1 saturated carbocycles. The number of hydrogen-bond donors (Lipinski definition) is 1. The van der Waals surface area contributed by atoms with Gasteiger partial charge < -0.3 is 10.2 Å². The first-order valence-electron chi connectivity index (χ1n) is 9.72. The minimum absolute atomic E-state index is 0.783. The second kappa shape index (κ2) is 9.15. The zero-order valence-corrected chi connectivity index (χ0v) is 14.7. The summed E-state index contributed by atoms with van der Waals surface area (Å²) >= 11 is 0. The molecule has 2 rings (SSSR count). The van der Waals surface area contributed by atoms with Crippen molar-refractivity contribution in [3.05, 3.63) is 0 Å². The minimum Gasteiger partial charge on any atom is -0.314 e. The van der Waals surface area contributed by atoms with Gasteiger partial charge in [0.15, 0.2) is 0 Å². The summed E-state index contributed by atoms with van der Waals surface area (Å²) in [7, 11) is 0. The molecule has 0 radical (unpaired) electrons. The molecule has 1 heterocycles. The van der Waals surface area contributed by atoms with E-state index in [4.69, 9.17) is 0 Å². The van der Waals surface area contributed by atoms with Crippen LogP contribution in [0.1, 0.15) is 72.1 Å². The molecule has 21 heavy (non-hydrogen) atoms. The monoisotopic (exact) mass is 294 g/mol. The van der Waals surface area contributed by atoms with Gasteiger partial charge in [-0.3, -0.25) is 0 Å². The molecule has 2 heteroatoms. The van der Waals surface area contributed by atoms with E-state index in [0.717, 1.165) is 30.3 Å². The predicted molar refractivity (Wildman–Crippen MR) is 92.7 cm³/mol. The van der Waals surface area contributed by atoms with Crippen molar-refractivity contribution in [2.75, 3.05) is 26.2 Å². The van der Waals surface area contributed by atoms with Crippen molar-refractivity contribution in [1.29, 1.82) is 0 Å². The highest BCUT2D eigenvalue weighted by Crippen LogP contribution is 2.33. The van der Waals surface area contributed by atoms with Gasteiger partial charge in [0.1, 0.15) is 0 Å². The first-order valence-corrected chi connectivity index (χ1v) is 9.72. The van der Waals surface area contributed by atoms with Gasteiger partial charge in [0.2, 0.25) is 0 Å². The fraction of sp³-hybridized carbons (Fsp3) is 1.00. The van der Waals surface area contributed by atoms with E-state index in [2.05, 4.69) is 31.0 Å². The molecule has 1 aliphatic heterocycles. The summed E-state index contributed by atoms with van der Waals surface area (Å²) in [6.07, 6.45) is 11.4. The molecular formula is C19H38N2. The number of rotatable bonds is 7. The fourth-order valence-corrected chi connectivity index (χ4v) is 4.66. The Kier molecular flexibility index (Phi) is 7.53. The van der Waals surface area contributed by atoms with Crippen molar-refractivity contribution >= 4 is 0 Å². The van der Waals surface area contributed by atoms with E-state index in [-0.39, 0.29) is 0 Å². The summed E-state index contributed by atoms with van der Waals surface area (Å²) in [5.74, 6) is 2.90. The summed E-state index contributed by atoms with van der Waals surface area (Å²) in [5.41, 5.74) is 0. The van der Waals surface area contributed by atoms with Gasteiger partial charge in [0, 0.05) is 12.6 Å². The summed E-state index contributed by atoms with van der Waals surface area (Å²) in [4.78, 5) is 2.78. The van der Waals surface area contributed by atoms with Crippen molar-refractivity contribution in [3.63, 3.8) is 0 Å². The molecule has 2 fully saturated rings. The van der Waals surface area contributed by atoms with Crippen molar-refractivity contribution in [1.82, 2.24) is 10.2 Å². The Labute approximate surface area is 133 Å². The highest BCUT2D eigenvalue weighted by Gasteiger charge is 2.31. The molecule has 0 aromatic carbocycles. The molecule has 124 valence electrons. The first kappa shape index (κ1) is 17.3. The zero-order valence-electron chi connectivity index (χ0n) is 14.7. The minimum atomic E-state index is 0.783. The van der Waals surface area contributed by atoms with Crippen molar-refractivity contribution < 1.29 is 0 Å². The standard InChI is InChI=1S/C19H38N2/c1-4-7-17-10-12-21(13-11-17)15-18-14-16(5-2)8-9-19(18)20-6-3/h16-20H,4-15H2,1-3H3. The van der Waals surface area contributed by atoms with Crippen LogP contribution in [0.15, 0.2) is 0 Å². The van der Waals surface area contributed by atoms with Crippen LogP contribution < -0.4 is 5.32 Å². The molecule has 3 atom stereocenters. The fourth-order valence-electron chi connectivity index (χ4n) is 4.66. The Balaban J connectivity index is 1.81. The van der Waals surface area contributed by atoms with Gasteiger partial charge in [-0.2, -0.15) is 0 Å². The van der Waals surface area contributed by atoms with Crippen LogP contribution in [0.2, 0.25) is 0 Å². The second-order valence-electron chi connectivity index (χ2n) is 7.54. The van der Waals surface area contributed by atoms with Gasteiger partial charge in [-0.05, 0) is 69.5 Å². The molecule has 0 bridgehead atoms. The number of nitrogens with one attached hydrogen (secondary N) is 1. The molecule has 1 aliphatic carbocycles. The van der Waals surface area contributed by atoms with Gasteiger partial charge in [0.25, 0.3) is 0 Å². The molecular weight excluding hydrogens is 256 g/mol. The van der Waals surface area contributed by atoms with Crippen LogP contribution in [0, 0.1) is 17.8 Å². The van der Waals surface area contributed by atoms with Crippen molar-refractivity contribution in [3.8, 4) is 0 Å². The van der Waals surface area contributed by atoms with E-state index in [9.17, 15) is 0 Å². The predicted octanol–water partition coefficient (Wildman–Crippen LogP) is 4.30. The third kappa shape index (κ3) is 5.25. The van der Waals surface area contributed by atoms with Crippen LogP contribution in [-0.2, 0) is 0 Å². The number of hydrogen-bond acceptors (Lipinski definition) is 2. The van der Waals surface area contributed by atoms with E-state index in [1.54, 1.807) is 0 Å². The molecule has 0 spiro atoms. The van der Waals surface area contributed by atoms with E-state index in [1.807, 2.05) is 0 Å². The van der Waals surface area contributed by atoms with Crippen LogP contribution in [0.5, 0.6) is 0 Å². The summed E-state index contributed by atoms with van der Waals surface area (Å²) in [6, 6.07) is 0.783. The normalized spacial score (nSPS) is 32.4. The molecule has 1 saturated heterocycles. The van der Waals surface area contributed by atoms with Crippen LogP contribution in [0.3, 0.4) is 0 Å². The maximum atomic E-state index is 3.77. The Morgan fingerprint density at radius 2 is 1.71 bits per heavy atom. The lowest BCUT2D eigenvalue weighted by molar-refractivity contribution is 0.108. The van der Waals surface area contributed by atoms with E-state index >= 15 is 0 Å². The highest BCUT2D eigenvalue weighted by molar-refractivity contribution is 4.87. The SMILES string of the molecule is CCCC1CCN(CC2CC(CC)CCC2NCC)CC1. The molecule has 0 amide bonds. The Hall–Kier alpha value is -0.0800. The molecule has 1 N–H and O–H groups in total. The second-order valence-corrected chi connectivity index (χ2v) is 7.54. The van der Waals surface area contributed by atoms with Gasteiger partial charge in [-0.15, -0.1) is 0 Å². The van der Waals surface area contributed by atoms with Crippen LogP contribution in [-0.4, -0.2) is 37.1 Å². The molecule has 3 unspecified atom stereocenters. The van der Waals surface area contributed by atoms with E-state index in [0.29, 0.717) is 0 Å². The summed E-state index contributed by atoms with van der Waals surface area (Å²) < 4.78 is 0. The Bertz CT molecular complexity index is 271. The van der Waals surface area contributed by atoms with Crippen molar-refractivity contribution in [2.45, 2.75) is 78.2 Å². The topological polar surface area (TPSA) is 15.3 Å². The summed E-state index contributed by atoms with van der Waals surface area (Å²) in [6.45, 7) is 12.2. The smallest absolute Gasteiger partial charge is 0.0108 e. The first-order chi connectivity index (χ1) is 10.3. The average Bonchev–Trinajstić information content (AvgIpc) is 2.51. The molecule has 2 aliphatic rings. The lowest BCUT2D eigenvalue weighted by Gasteiger charge is -2.41. The van der Waals surface area contributed by atoms with E-state index in [1.165, 1.54) is 71.0 Å². The van der Waals surface area contributed by atoms with Gasteiger partial charge in [-0.1, -0.05) is 40.0 Å². The average molecular weight is 295 g/mol. The third-order valence-corrected chi connectivity index (χ3v) is 6.03. The lowest BCUT2D eigenvalue weighted by atomic mass is 9.76. The number of likely N-dealkylation sites (tertiary alicyclic amines) is 1. The Morgan fingerprint density at radius 3 is 2.33 bits per heavy atom. The van der Waals surface area contributed by atoms with Crippen molar-refractivity contribution in [2.24, 2.45) is 17.8 Å². The van der Waals surface area contributed by atoms with Gasteiger partial charge >= 0.3 is 0 Å². The third-order valence-electron chi connectivity index (χ3n) is 6.03. The molecule has 0 aromatic heterocycles. The Morgan fingerprint density at radius 1 is 0.952 bits per heavy atom. The maximum absolute atomic E-state index is 3.77. The van der Waals surface area contributed by atoms with Crippen LogP contribution >= 0.6 is 0 Å². The van der Waals surface area contributed by atoms with Crippen LogP contribution in [0.4, 0.5) is 0 Å². The molecule has 2 nitrogen and oxygen atoms in total. The quantitative estimate of drug-likeness (QED) is 0.753. The van der Waals surface area contributed by atoms with Crippen LogP contribution in [0.25, 0.3) is 0 Å². The molecule has 0 aromatic rings. The number of nitrogens with zero attached hydrogens (tertiary/aromatic N) is 1. The van der Waals surface area contributed by atoms with Gasteiger partial charge in [0.05, 0.1) is 0 Å². The highest BCUT2D eigenvalue weighted by atomic mass is 15.1. The zero-order chi connectivity index (χ0) is 15.1. The largest absolute Gasteiger partial charge is 0.314 e. The van der Waals surface area contributed by atoms with Gasteiger partial charge in [-0.25, -0.2) is 0 Å². The summed E-state index contributed by atoms with van der Waals surface area (Å²) in [5, 5.41) is 3.77. The number of piperidine rings is 1. The lowest BCUT2D eigenvalue weighted by Crippen LogP contribution is -2.47. The van der Waals surface area contributed by atoms with E-state index < -0.39 is 0 Å². The maximum Gasteiger partial charge on any atom is 0.0108 e.